The number of unbranched alkanes of at least 4 members (excludes halogenated alkanes) is 21. The Bertz CT molecular complexity index is 3160. The highest BCUT2D eigenvalue weighted by Gasteiger charge is 2.63. The van der Waals surface area contributed by atoms with E-state index in [1.165, 1.54) is 119 Å². The minimum atomic E-state index is -2.20. The quantitative estimate of drug-likeness (QED) is 0.0279. The van der Waals surface area contributed by atoms with Crippen molar-refractivity contribution in [2.75, 3.05) is 26.4 Å². The Morgan fingerprint density at radius 2 is 0.663 bits per heavy atom. The number of amides is 5. The maximum absolute atomic E-state index is 15.3. The van der Waals surface area contributed by atoms with E-state index in [-0.39, 0.29) is 35.3 Å². The summed E-state index contributed by atoms with van der Waals surface area (Å²) in [6.07, 6.45) is 1.81. The van der Waals surface area contributed by atoms with Gasteiger partial charge in [0.05, 0.1) is 22.3 Å². The summed E-state index contributed by atoms with van der Waals surface area (Å²) in [7, 11) is 0. The molecule has 2 aromatic carbocycles. The predicted octanol–water partition coefficient (Wildman–Crippen LogP) is 9.58. The standard InChI is InChI=1S/C76H107N3O25/c1-10-12-14-16-18-20-22-24-26-28-30-36-42-92-74-61(77-60(87)41-31-29-27-25-23-21-19-17-15-13-11-2)67(97-50(7)84)64(57(100-74)43-93-46(3)80)103-75-63(79-72(90)55-39-34-35-40-56(55)73(79)91)69(99-52(9)86)66(59(102-75)45-95-48(5)82)104-76-62(78-70(88)53-37-32-33-38-54(53)71(78)89)68(98-51(8)85)65(96-49(6)83)58(101-76)44-94-47(4)81/h32-35,37-40,57-59,61-69,74-76H,10-31,36,41-45H2,1-9H3,(H,77,87)/t57-,58-,59-,61-,62-,63-,64-,65-,66-,67-,68-,69-,74-,75+,76+/m1/s1. The maximum atomic E-state index is 15.3. The number of ether oxygens (including phenoxy) is 13. The fourth-order valence-electron chi connectivity index (χ4n) is 14.0. The summed E-state index contributed by atoms with van der Waals surface area (Å²) in [6.45, 7) is 9.46. The first-order valence-corrected chi connectivity index (χ1v) is 37.2. The molecule has 5 heterocycles. The normalized spacial score (nSPS) is 25.7. The van der Waals surface area contributed by atoms with Crippen LogP contribution in [0.4, 0.5) is 0 Å². The van der Waals surface area contributed by atoms with Crippen LogP contribution in [-0.4, -0.2) is 199 Å². The van der Waals surface area contributed by atoms with E-state index in [1.807, 2.05) is 0 Å². The van der Waals surface area contributed by atoms with Crippen LogP contribution < -0.4 is 5.32 Å². The molecule has 0 unspecified atom stereocenters. The third kappa shape index (κ3) is 23.9. The Morgan fingerprint density at radius 3 is 1.02 bits per heavy atom. The van der Waals surface area contributed by atoms with E-state index >= 15 is 9.59 Å². The van der Waals surface area contributed by atoms with Gasteiger partial charge in [0.25, 0.3) is 23.6 Å². The van der Waals surface area contributed by atoms with Gasteiger partial charge in [-0.3, -0.25) is 67.3 Å². The first-order valence-electron chi connectivity index (χ1n) is 37.2. The highest BCUT2D eigenvalue weighted by Crippen LogP contribution is 2.42. The van der Waals surface area contributed by atoms with Crippen LogP contribution in [0, 0.1) is 0 Å². The lowest BCUT2D eigenvalue weighted by molar-refractivity contribution is -0.360. The molecular formula is C76H107N3O25. The van der Waals surface area contributed by atoms with Crippen LogP contribution in [0.5, 0.6) is 0 Å². The number of benzene rings is 2. The summed E-state index contributed by atoms with van der Waals surface area (Å²) < 4.78 is 81.5. The highest BCUT2D eigenvalue weighted by atomic mass is 16.8. The summed E-state index contributed by atoms with van der Waals surface area (Å²) in [5.41, 5.74) is -0.549. The van der Waals surface area contributed by atoms with Crippen molar-refractivity contribution in [3.63, 3.8) is 0 Å². The average molecular weight is 1460 g/mol. The number of fused-ring (bicyclic) bond motifs is 2. The molecule has 0 spiro atoms. The number of imide groups is 2. The lowest BCUT2D eigenvalue weighted by Gasteiger charge is -2.52. The van der Waals surface area contributed by atoms with Crippen LogP contribution in [0.2, 0.25) is 0 Å². The molecule has 0 saturated carbocycles. The van der Waals surface area contributed by atoms with E-state index in [2.05, 4.69) is 19.2 Å². The van der Waals surface area contributed by atoms with Crippen molar-refractivity contribution in [2.45, 2.75) is 308 Å². The van der Waals surface area contributed by atoms with E-state index in [9.17, 15) is 47.9 Å². The number of esters is 7. The fourth-order valence-corrected chi connectivity index (χ4v) is 14.0. The van der Waals surface area contributed by atoms with Crippen LogP contribution in [-0.2, 0) is 99.9 Å². The van der Waals surface area contributed by atoms with Gasteiger partial charge in [-0.05, 0) is 37.1 Å². The van der Waals surface area contributed by atoms with Crippen LogP contribution in [0.25, 0.3) is 0 Å². The summed E-state index contributed by atoms with van der Waals surface area (Å²) in [5, 5.41) is 3.00. The molecule has 3 fully saturated rings. The highest BCUT2D eigenvalue weighted by molar-refractivity contribution is 6.22. The molecule has 15 atom stereocenters. The minimum absolute atomic E-state index is 0.0279. The molecular weight excluding hydrogens is 1350 g/mol. The molecule has 0 aliphatic carbocycles. The number of carbonyl (C=O) groups excluding carboxylic acids is 12. The second-order valence-corrected chi connectivity index (χ2v) is 27.2. The van der Waals surface area contributed by atoms with Gasteiger partial charge in [0.1, 0.15) is 68.5 Å². The summed E-state index contributed by atoms with van der Waals surface area (Å²) in [4.78, 5) is 169. The molecule has 1 N–H and O–H groups in total. The van der Waals surface area contributed by atoms with Crippen molar-refractivity contribution in [1.82, 2.24) is 15.1 Å². The van der Waals surface area contributed by atoms with Gasteiger partial charge in [0.2, 0.25) is 5.91 Å². The van der Waals surface area contributed by atoms with Crippen molar-refractivity contribution in [3.05, 3.63) is 70.8 Å². The monoisotopic (exact) mass is 1460 g/mol. The molecule has 3 saturated heterocycles. The van der Waals surface area contributed by atoms with Gasteiger partial charge in [-0.1, -0.05) is 173 Å². The largest absolute Gasteiger partial charge is 0.463 e. The molecule has 5 aliphatic rings. The molecule has 576 valence electrons. The van der Waals surface area contributed by atoms with Gasteiger partial charge >= 0.3 is 41.8 Å². The van der Waals surface area contributed by atoms with Gasteiger partial charge in [-0.15, -0.1) is 0 Å². The third-order valence-corrected chi connectivity index (χ3v) is 18.9. The number of rotatable bonds is 43. The number of carbonyl (C=O) groups is 12. The van der Waals surface area contributed by atoms with Gasteiger partial charge in [-0.2, -0.15) is 0 Å². The van der Waals surface area contributed by atoms with Crippen molar-refractivity contribution in [2.24, 2.45) is 0 Å². The second kappa shape index (κ2) is 42.4. The number of nitrogens with one attached hydrogen (secondary N) is 1. The second-order valence-electron chi connectivity index (χ2n) is 27.2. The number of hydrogen-bond donors (Lipinski definition) is 1. The summed E-state index contributed by atoms with van der Waals surface area (Å²) in [5.74, 6) is -11.1. The minimum Gasteiger partial charge on any atom is -0.463 e. The third-order valence-electron chi connectivity index (χ3n) is 18.9. The zero-order valence-corrected chi connectivity index (χ0v) is 61.7. The maximum Gasteiger partial charge on any atom is 0.303 e. The summed E-state index contributed by atoms with van der Waals surface area (Å²) in [6, 6.07) is 5.82. The molecule has 104 heavy (non-hydrogen) atoms. The molecule has 0 radical (unpaired) electrons. The van der Waals surface area contributed by atoms with Gasteiger partial charge in [-0.25, -0.2) is 0 Å². The smallest absolute Gasteiger partial charge is 0.303 e. The van der Waals surface area contributed by atoms with Crippen molar-refractivity contribution in [3.8, 4) is 0 Å². The van der Waals surface area contributed by atoms with Crippen molar-refractivity contribution < 1.29 is 119 Å². The SMILES string of the molecule is CCCCCCCCCCCCCCO[C@@H]1O[C@H](COC(C)=O)[C@@H](O[C@@H]2O[C@H](COC(C)=O)[C@@H](O[C@@H]3O[C@H](COC(C)=O)[C@@H](OC(C)=O)[C@H](OC(C)=O)[C@H]3N3C(=O)c4ccccc4C3=O)[C@H](OC(C)=O)[C@H]2N2C(=O)c3ccccc3C2=O)[C@H](OC(C)=O)[C@H]1NC(=O)CCCCCCCCCCCCC. The van der Waals surface area contributed by atoms with Crippen LogP contribution >= 0.6 is 0 Å². The molecule has 7 rings (SSSR count). The Hall–Kier alpha value is -7.76. The molecule has 5 aliphatic heterocycles. The zero-order valence-electron chi connectivity index (χ0n) is 61.7. The molecule has 2 aromatic rings. The molecule has 28 nitrogen and oxygen atoms in total. The Balaban J connectivity index is 1.32. The van der Waals surface area contributed by atoms with E-state index in [0.717, 1.165) is 113 Å². The lowest BCUT2D eigenvalue weighted by Crippen LogP contribution is -2.72. The van der Waals surface area contributed by atoms with E-state index in [4.69, 9.17) is 61.6 Å². The zero-order chi connectivity index (χ0) is 75.4. The first-order chi connectivity index (χ1) is 49.9. The number of nitrogens with zero attached hydrogens (tertiary/aromatic N) is 2. The van der Waals surface area contributed by atoms with Crippen molar-refractivity contribution >= 4 is 71.3 Å². The predicted molar refractivity (Wildman–Crippen MR) is 369 cm³/mol. The Morgan fingerprint density at radius 1 is 0.365 bits per heavy atom. The van der Waals surface area contributed by atoms with Crippen LogP contribution in [0.3, 0.4) is 0 Å². The van der Waals surface area contributed by atoms with Gasteiger partial charge in [0.15, 0.2) is 43.3 Å². The lowest BCUT2D eigenvalue weighted by atomic mass is 9.92. The Labute approximate surface area is 608 Å². The molecule has 28 heteroatoms. The molecule has 0 bridgehead atoms. The van der Waals surface area contributed by atoms with E-state index in [1.54, 1.807) is 0 Å². The molecule has 5 amide bonds. The fraction of sp³-hybridized carbons (Fsp3) is 0.684. The van der Waals surface area contributed by atoms with Crippen LogP contribution in [0.1, 0.15) is 258 Å². The topological polar surface area (TPSA) is 343 Å². The van der Waals surface area contributed by atoms with E-state index < -0.39 is 183 Å². The first kappa shape index (κ1) is 83.5. The van der Waals surface area contributed by atoms with E-state index in [0.29, 0.717) is 22.6 Å². The average Bonchev–Trinajstić information content (AvgIpc) is 1.45. The Kier molecular flexibility index (Phi) is 34.0. The van der Waals surface area contributed by atoms with Crippen molar-refractivity contribution in [1.29, 1.82) is 0 Å². The van der Waals surface area contributed by atoms with Crippen LogP contribution in [0.15, 0.2) is 48.5 Å². The number of hydrogen-bond acceptors (Lipinski definition) is 25. The van der Waals surface area contributed by atoms with Gasteiger partial charge in [0, 0.05) is 61.5 Å². The molecule has 0 aromatic heterocycles. The van der Waals surface area contributed by atoms with Gasteiger partial charge < -0.3 is 66.9 Å². The summed E-state index contributed by atoms with van der Waals surface area (Å²) >= 11 is 0.